The number of pyridine rings is 6. The Kier molecular flexibility index (Phi) is 19.0. The topological polar surface area (TPSA) is 390 Å². The zero-order chi connectivity index (χ0) is 68.4. The van der Waals surface area contributed by atoms with Crippen molar-refractivity contribution >= 4 is 136 Å². The SMILES string of the molecule is Nc1ccc(Cl)cc1-c1nc2cccnc2o1.Nc1ccc(Cl)cc1-c1nc2cnccc2o1.Nc1ccc(Cl)cc1-c1nc2ncccc2o1.Nc1ccccc1-c1nc2cccnc2o1.Nc1ccccc1-c1nc2cnccc2o1.Nc1ccccc1-c1nc2ncccc2o1. The zero-order valence-electron chi connectivity index (χ0n) is 51.4. The number of halogens is 3. The predicted octanol–water partition coefficient (Wildman–Crippen LogP) is 16.8. The molecule has 0 fully saturated rings. The van der Waals surface area contributed by atoms with E-state index in [4.69, 9.17) is 95.7 Å². The quantitative estimate of drug-likeness (QED) is 0.0842. The van der Waals surface area contributed by atoms with Gasteiger partial charge in [0.05, 0.1) is 45.8 Å². The molecule has 12 N–H and O–H groups in total. The molecule has 24 nitrogen and oxygen atoms in total. The van der Waals surface area contributed by atoms with Crippen LogP contribution in [0.4, 0.5) is 34.1 Å². The molecule has 486 valence electrons. The van der Waals surface area contributed by atoms with Crippen LogP contribution >= 0.6 is 34.8 Å². The molecule has 0 aliphatic heterocycles. The first-order valence-electron chi connectivity index (χ1n) is 29.7. The molecule has 0 atom stereocenters. The van der Waals surface area contributed by atoms with Gasteiger partial charge in [-0.1, -0.05) is 71.2 Å². The summed E-state index contributed by atoms with van der Waals surface area (Å²) in [4.78, 5) is 50.2. The maximum absolute atomic E-state index is 5.93. The van der Waals surface area contributed by atoms with E-state index in [1.807, 2.05) is 103 Å². The Hall–Kier alpha value is -13.3. The van der Waals surface area contributed by atoms with E-state index in [-0.39, 0.29) is 0 Å². The molecule has 0 saturated carbocycles. The number of anilines is 6. The average Bonchev–Trinajstić information content (AvgIpc) is 1.76. The molecule has 0 aliphatic rings. The van der Waals surface area contributed by atoms with Crippen LogP contribution in [0.5, 0.6) is 0 Å². The van der Waals surface area contributed by atoms with E-state index in [1.54, 1.807) is 135 Å². The summed E-state index contributed by atoms with van der Waals surface area (Å²) in [6.07, 6.45) is 13.3. The maximum Gasteiger partial charge on any atom is 0.247 e. The molecule has 0 saturated heterocycles. The van der Waals surface area contributed by atoms with E-state index >= 15 is 0 Å². The summed E-state index contributed by atoms with van der Waals surface area (Å²) in [6.45, 7) is 0. The van der Waals surface area contributed by atoms with E-state index in [1.165, 1.54) is 0 Å². The lowest BCUT2D eigenvalue weighted by atomic mass is 10.2. The molecule has 18 aromatic rings. The number of hydrogen-bond acceptors (Lipinski definition) is 24. The molecule has 0 spiro atoms. The van der Waals surface area contributed by atoms with Crippen molar-refractivity contribution in [3.63, 3.8) is 0 Å². The number of nitrogens with two attached hydrogens (primary N) is 6. The Morgan fingerprint density at radius 3 is 0.949 bits per heavy atom. The summed E-state index contributed by atoms with van der Waals surface area (Å²) in [6, 6.07) is 56.0. The third-order valence-corrected chi connectivity index (χ3v) is 15.1. The molecule has 0 radical (unpaired) electrons. The highest BCUT2D eigenvalue weighted by atomic mass is 35.5. The second kappa shape index (κ2) is 29.1. The van der Waals surface area contributed by atoms with Gasteiger partial charge in [0.25, 0.3) is 0 Å². The van der Waals surface area contributed by atoms with Crippen LogP contribution in [0.2, 0.25) is 15.1 Å². The fourth-order valence-corrected chi connectivity index (χ4v) is 10.1. The molecule has 99 heavy (non-hydrogen) atoms. The van der Waals surface area contributed by atoms with Crippen LogP contribution in [0.15, 0.2) is 264 Å². The highest BCUT2D eigenvalue weighted by Crippen LogP contribution is 2.35. The van der Waals surface area contributed by atoms with Crippen molar-refractivity contribution in [1.82, 2.24) is 59.8 Å². The Balaban J connectivity index is 0.000000107. The minimum Gasteiger partial charge on any atom is -0.436 e. The van der Waals surface area contributed by atoms with Gasteiger partial charge in [-0.25, -0.2) is 39.9 Å². The van der Waals surface area contributed by atoms with Gasteiger partial charge in [0.15, 0.2) is 33.6 Å². The summed E-state index contributed by atoms with van der Waals surface area (Å²) in [5.74, 6) is 2.85. The van der Waals surface area contributed by atoms with Gasteiger partial charge >= 0.3 is 0 Å². The number of para-hydroxylation sites is 3. The van der Waals surface area contributed by atoms with E-state index in [9.17, 15) is 0 Å². The summed E-state index contributed by atoms with van der Waals surface area (Å²) in [5.41, 5.74) is 51.0. The average molecular weight is 1370 g/mol. The minimum absolute atomic E-state index is 0.429. The number of hydrogen-bond donors (Lipinski definition) is 6. The van der Waals surface area contributed by atoms with Crippen molar-refractivity contribution < 1.29 is 26.5 Å². The van der Waals surface area contributed by atoms with E-state index < -0.39 is 0 Å². The van der Waals surface area contributed by atoms with Gasteiger partial charge in [0, 0.05) is 98.5 Å². The Labute approximate surface area is 575 Å². The van der Waals surface area contributed by atoms with Gasteiger partial charge in [0.2, 0.25) is 46.8 Å². The summed E-state index contributed by atoms with van der Waals surface area (Å²) >= 11 is 17.8. The number of aromatic nitrogens is 12. The highest BCUT2D eigenvalue weighted by molar-refractivity contribution is 6.31. The monoisotopic (exact) mass is 1370 g/mol. The second-order valence-electron chi connectivity index (χ2n) is 21.1. The Morgan fingerprint density at radius 2 is 0.566 bits per heavy atom. The first-order valence-corrected chi connectivity index (χ1v) is 30.9. The molecule has 6 aromatic carbocycles. The molecular weight excluding hydrogens is 1320 g/mol. The van der Waals surface area contributed by atoms with Crippen molar-refractivity contribution in [1.29, 1.82) is 0 Å². The fraction of sp³-hybridized carbons (Fsp3) is 0. The maximum atomic E-state index is 5.93. The van der Waals surface area contributed by atoms with Gasteiger partial charge in [0.1, 0.15) is 22.1 Å². The minimum atomic E-state index is 0.429. The predicted molar refractivity (Wildman–Crippen MR) is 385 cm³/mol. The third-order valence-electron chi connectivity index (χ3n) is 14.4. The molecule has 0 aliphatic carbocycles. The molecule has 12 aromatic heterocycles. The summed E-state index contributed by atoms with van der Waals surface area (Å²) in [7, 11) is 0. The van der Waals surface area contributed by atoms with Crippen molar-refractivity contribution in [2.24, 2.45) is 0 Å². The Morgan fingerprint density at radius 1 is 0.253 bits per heavy atom. The highest BCUT2D eigenvalue weighted by Gasteiger charge is 2.17. The van der Waals surface area contributed by atoms with Crippen molar-refractivity contribution in [2.75, 3.05) is 34.4 Å². The largest absolute Gasteiger partial charge is 0.436 e. The van der Waals surface area contributed by atoms with Crippen molar-refractivity contribution in [2.45, 2.75) is 0 Å². The van der Waals surface area contributed by atoms with Crippen LogP contribution < -0.4 is 34.4 Å². The smallest absolute Gasteiger partial charge is 0.247 e. The molecule has 0 bridgehead atoms. The number of nitrogen functional groups attached to an aromatic ring is 6. The normalized spacial score (nSPS) is 10.8. The van der Waals surface area contributed by atoms with E-state index in [0.29, 0.717) is 157 Å². The van der Waals surface area contributed by atoms with Crippen molar-refractivity contribution in [3.05, 3.63) is 253 Å². The lowest BCUT2D eigenvalue weighted by Gasteiger charge is -2.00. The summed E-state index contributed by atoms with van der Waals surface area (Å²) < 4.78 is 33.4. The number of rotatable bonds is 6. The van der Waals surface area contributed by atoms with Crippen LogP contribution in [0.25, 0.3) is 136 Å². The molecule has 18 rings (SSSR count). The van der Waals surface area contributed by atoms with E-state index in [2.05, 4.69) is 59.8 Å². The van der Waals surface area contributed by atoms with Gasteiger partial charge in [-0.2, -0.15) is 9.97 Å². The first-order chi connectivity index (χ1) is 48.2. The number of benzene rings is 6. The molecular formula is C72H51Cl3N18O6. The number of fused-ring (bicyclic) bond motifs is 6. The third kappa shape index (κ3) is 15.0. The number of nitrogens with zero attached hydrogens (tertiary/aromatic N) is 12. The summed E-state index contributed by atoms with van der Waals surface area (Å²) in [5, 5.41) is 1.77. The lowest BCUT2D eigenvalue weighted by molar-refractivity contribution is 0.607. The fourth-order valence-electron chi connectivity index (χ4n) is 9.55. The molecule has 27 heteroatoms. The van der Waals surface area contributed by atoms with Gasteiger partial charge in [-0.3, -0.25) is 9.97 Å². The van der Waals surface area contributed by atoms with Crippen LogP contribution in [0.3, 0.4) is 0 Å². The zero-order valence-corrected chi connectivity index (χ0v) is 53.7. The second-order valence-corrected chi connectivity index (χ2v) is 22.4. The standard InChI is InChI=1S/3C12H8ClN3O.3C12H9N3O/c13-7-1-2-9(14)8(5-7)12-16-10-6-15-4-3-11(10)17-12;13-7-3-4-9(14)8(6-7)12-16-11-10(17-12)2-1-5-15-11;13-7-3-4-9(14)8(6-7)11-16-10-2-1-5-15-12(10)17-11;13-9-5-2-1-4-8(9)12-15-11-10(16-12)6-3-7-14-11;13-9-5-2-1-4-8(9)11-15-10-6-3-7-14-12(10)16-11;13-9-4-2-1-3-8(9)12-15-10-7-14-6-5-11(10)16-12/h3*1-6H,14H2;3*1-7H,13H2. The van der Waals surface area contributed by atoms with Gasteiger partial charge in [-0.15, -0.1) is 0 Å². The molecule has 12 heterocycles. The van der Waals surface area contributed by atoms with Crippen LogP contribution in [-0.2, 0) is 0 Å². The van der Waals surface area contributed by atoms with Gasteiger partial charge < -0.3 is 60.9 Å². The van der Waals surface area contributed by atoms with Crippen molar-refractivity contribution in [3.8, 4) is 68.7 Å². The van der Waals surface area contributed by atoms with Gasteiger partial charge in [-0.05, 0) is 140 Å². The molecule has 0 unspecified atom stereocenters. The lowest BCUT2D eigenvalue weighted by Crippen LogP contribution is -1.89. The first kappa shape index (κ1) is 64.4. The van der Waals surface area contributed by atoms with Crippen LogP contribution in [0.1, 0.15) is 0 Å². The van der Waals surface area contributed by atoms with Crippen LogP contribution in [0, 0.1) is 0 Å². The van der Waals surface area contributed by atoms with Crippen LogP contribution in [-0.4, -0.2) is 59.8 Å². The van der Waals surface area contributed by atoms with E-state index in [0.717, 1.165) is 27.7 Å². The number of oxazole rings is 6. The molecule has 0 amide bonds. The Bertz CT molecular complexity index is 5090.